The van der Waals surface area contributed by atoms with Gasteiger partial charge in [-0.25, -0.2) is 0 Å². The molecule has 0 spiro atoms. The minimum Gasteiger partial charge on any atom is -0.355 e. The van der Waals surface area contributed by atoms with Crippen LogP contribution in [-0.2, 0) is 4.79 Å². The zero-order chi connectivity index (χ0) is 19.2. The highest BCUT2D eigenvalue weighted by molar-refractivity contribution is 5.95. The first-order valence-corrected chi connectivity index (χ1v) is 10.1. The third-order valence-corrected chi connectivity index (χ3v) is 5.48. The summed E-state index contributed by atoms with van der Waals surface area (Å²) in [5.41, 5.74) is 2.92. The maximum atomic E-state index is 12.9. The Hall–Kier alpha value is -1.92. The van der Waals surface area contributed by atoms with E-state index in [9.17, 15) is 9.59 Å². The van der Waals surface area contributed by atoms with Gasteiger partial charge < -0.3 is 15.5 Å². The molecule has 6 nitrogen and oxygen atoms in total. The van der Waals surface area contributed by atoms with Crippen LogP contribution in [0.4, 0.5) is 0 Å². The number of likely N-dealkylation sites (tertiary alicyclic amines) is 1. The molecule has 6 heteroatoms. The second-order valence-corrected chi connectivity index (χ2v) is 7.85. The number of piperidine rings is 1. The topological polar surface area (TPSA) is 64.7 Å². The van der Waals surface area contributed by atoms with Crippen molar-refractivity contribution in [2.24, 2.45) is 5.92 Å². The molecule has 0 aromatic heterocycles. The molecule has 1 aromatic rings. The van der Waals surface area contributed by atoms with E-state index in [1.807, 2.05) is 30.9 Å². The van der Waals surface area contributed by atoms with E-state index in [4.69, 9.17) is 0 Å². The van der Waals surface area contributed by atoms with Crippen LogP contribution in [0.3, 0.4) is 0 Å². The summed E-state index contributed by atoms with van der Waals surface area (Å²) in [6.45, 7) is 11.0. The summed E-state index contributed by atoms with van der Waals surface area (Å²) >= 11 is 0. The van der Waals surface area contributed by atoms with Crippen LogP contribution >= 0.6 is 0 Å². The average Bonchev–Trinajstić information content (AvgIpc) is 2.67. The number of hydrogen-bond donors (Lipinski definition) is 2. The summed E-state index contributed by atoms with van der Waals surface area (Å²) in [6.07, 6.45) is 1.74. The second-order valence-electron chi connectivity index (χ2n) is 7.85. The largest absolute Gasteiger partial charge is 0.355 e. The van der Waals surface area contributed by atoms with E-state index in [1.165, 1.54) is 0 Å². The summed E-state index contributed by atoms with van der Waals surface area (Å²) in [4.78, 5) is 29.7. The molecular formula is C21H32N4O2. The van der Waals surface area contributed by atoms with Gasteiger partial charge in [-0.05, 0) is 38.8 Å². The van der Waals surface area contributed by atoms with Crippen molar-refractivity contribution in [2.45, 2.75) is 26.7 Å². The van der Waals surface area contributed by atoms with Crippen molar-refractivity contribution in [1.82, 2.24) is 20.4 Å². The molecule has 2 aliphatic rings. The van der Waals surface area contributed by atoms with Gasteiger partial charge in [-0.3, -0.25) is 14.5 Å². The molecular weight excluding hydrogens is 340 g/mol. The number of hydrogen-bond acceptors (Lipinski definition) is 4. The van der Waals surface area contributed by atoms with Gasteiger partial charge in [-0.2, -0.15) is 0 Å². The molecule has 2 N–H and O–H groups in total. The third kappa shape index (κ3) is 5.53. The van der Waals surface area contributed by atoms with E-state index in [2.05, 4.69) is 21.6 Å². The van der Waals surface area contributed by atoms with Crippen molar-refractivity contribution in [2.75, 3.05) is 52.4 Å². The molecule has 2 aliphatic heterocycles. The van der Waals surface area contributed by atoms with Crippen LogP contribution in [0.15, 0.2) is 18.2 Å². The number of aryl methyl sites for hydroxylation is 2. The van der Waals surface area contributed by atoms with E-state index in [0.717, 1.165) is 68.8 Å². The molecule has 0 bridgehead atoms. The quantitative estimate of drug-likeness (QED) is 0.815. The fourth-order valence-electron chi connectivity index (χ4n) is 4.07. The lowest BCUT2D eigenvalue weighted by atomic mass is 9.96. The van der Waals surface area contributed by atoms with Crippen LogP contribution in [0.2, 0.25) is 0 Å². The highest BCUT2D eigenvalue weighted by Crippen LogP contribution is 2.20. The van der Waals surface area contributed by atoms with E-state index in [0.29, 0.717) is 13.1 Å². The molecule has 2 fully saturated rings. The first-order valence-electron chi connectivity index (χ1n) is 10.1. The van der Waals surface area contributed by atoms with E-state index in [-0.39, 0.29) is 17.7 Å². The van der Waals surface area contributed by atoms with E-state index in [1.54, 1.807) is 0 Å². The molecule has 2 saturated heterocycles. The Morgan fingerprint density at radius 1 is 1.11 bits per heavy atom. The molecule has 1 aromatic carbocycles. The lowest BCUT2D eigenvalue weighted by Gasteiger charge is -2.32. The van der Waals surface area contributed by atoms with Gasteiger partial charge in [0.25, 0.3) is 5.91 Å². The van der Waals surface area contributed by atoms with Gasteiger partial charge >= 0.3 is 0 Å². The van der Waals surface area contributed by atoms with Gasteiger partial charge in [0.05, 0.1) is 5.92 Å². The van der Waals surface area contributed by atoms with Gasteiger partial charge in [0.15, 0.2) is 0 Å². The van der Waals surface area contributed by atoms with Gasteiger partial charge in [-0.15, -0.1) is 0 Å². The van der Waals surface area contributed by atoms with Crippen LogP contribution in [0.1, 0.15) is 34.3 Å². The van der Waals surface area contributed by atoms with Crippen molar-refractivity contribution in [3.63, 3.8) is 0 Å². The highest BCUT2D eigenvalue weighted by Gasteiger charge is 2.29. The molecule has 0 saturated carbocycles. The van der Waals surface area contributed by atoms with E-state index < -0.39 is 0 Å². The number of piperazine rings is 1. The number of amides is 2. The van der Waals surface area contributed by atoms with Crippen molar-refractivity contribution in [1.29, 1.82) is 0 Å². The summed E-state index contributed by atoms with van der Waals surface area (Å²) < 4.78 is 0. The fraction of sp³-hybridized carbons (Fsp3) is 0.619. The van der Waals surface area contributed by atoms with Crippen LogP contribution < -0.4 is 10.6 Å². The average molecular weight is 373 g/mol. The number of benzene rings is 1. The Bertz CT molecular complexity index is 650. The summed E-state index contributed by atoms with van der Waals surface area (Å²) in [5.74, 6) is 0.0276. The Kier molecular flexibility index (Phi) is 6.85. The van der Waals surface area contributed by atoms with Crippen LogP contribution in [-0.4, -0.2) is 74.0 Å². The molecule has 2 amide bonds. The minimum absolute atomic E-state index is 0.0418. The molecule has 0 aliphatic carbocycles. The normalized spacial score (nSPS) is 21.1. The number of carbonyl (C=O) groups is 2. The lowest BCUT2D eigenvalue weighted by Crippen LogP contribution is -2.48. The Labute approximate surface area is 162 Å². The molecule has 27 heavy (non-hydrogen) atoms. The van der Waals surface area contributed by atoms with Gasteiger partial charge in [0.2, 0.25) is 5.91 Å². The van der Waals surface area contributed by atoms with Crippen LogP contribution in [0.25, 0.3) is 0 Å². The summed E-state index contributed by atoms with van der Waals surface area (Å²) in [6, 6.07) is 5.95. The zero-order valence-electron chi connectivity index (χ0n) is 16.6. The molecule has 2 heterocycles. The Balaban J connectivity index is 1.50. The molecule has 1 unspecified atom stereocenters. The number of carbonyl (C=O) groups excluding carboxylic acids is 2. The molecule has 3 rings (SSSR count). The first-order chi connectivity index (χ1) is 13.0. The maximum absolute atomic E-state index is 12.9. The zero-order valence-corrected chi connectivity index (χ0v) is 16.6. The van der Waals surface area contributed by atoms with Crippen molar-refractivity contribution >= 4 is 11.8 Å². The predicted octanol–water partition coefficient (Wildman–Crippen LogP) is 1.18. The van der Waals surface area contributed by atoms with Gasteiger partial charge in [0, 0.05) is 57.9 Å². The molecule has 1 atom stereocenters. The van der Waals surface area contributed by atoms with Crippen molar-refractivity contribution in [3.8, 4) is 0 Å². The maximum Gasteiger partial charge on any atom is 0.253 e. The van der Waals surface area contributed by atoms with Crippen LogP contribution in [0, 0.1) is 19.8 Å². The summed E-state index contributed by atoms with van der Waals surface area (Å²) in [7, 11) is 0. The minimum atomic E-state index is -0.100. The number of nitrogens with one attached hydrogen (secondary N) is 2. The monoisotopic (exact) mass is 372 g/mol. The lowest BCUT2D eigenvalue weighted by molar-refractivity contribution is -0.126. The van der Waals surface area contributed by atoms with Crippen LogP contribution in [0.5, 0.6) is 0 Å². The summed E-state index contributed by atoms with van der Waals surface area (Å²) in [5, 5.41) is 6.41. The van der Waals surface area contributed by atoms with Crippen molar-refractivity contribution in [3.05, 3.63) is 34.9 Å². The predicted molar refractivity (Wildman–Crippen MR) is 107 cm³/mol. The fourth-order valence-corrected chi connectivity index (χ4v) is 4.07. The molecule has 0 radical (unpaired) electrons. The third-order valence-electron chi connectivity index (χ3n) is 5.48. The number of nitrogens with zero attached hydrogens (tertiary/aromatic N) is 2. The standard InChI is InChI=1S/C21H32N4O2/c1-16-12-17(2)14-19(13-16)21(27)25-8-3-4-18(15-25)20(26)23-7-11-24-9-5-22-6-10-24/h12-14,18,22H,3-11,15H2,1-2H3,(H,23,26). The second kappa shape index (κ2) is 9.33. The van der Waals surface area contributed by atoms with E-state index >= 15 is 0 Å². The smallest absolute Gasteiger partial charge is 0.253 e. The SMILES string of the molecule is Cc1cc(C)cc(C(=O)N2CCCC(C(=O)NCCN3CCNCC3)C2)c1. The highest BCUT2D eigenvalue weighted by atomic mass is 16.2. The van der Waals surface area contributed by atoms with Crippen molar-refractivity contribution < 1.29 is 9.59 Å². The Morgan fingerprint density at radius 2 is 1.81 bits per heavy atom. The van der Waals surface area contributed by atoms with Gasteiger partial charge in [-0.1, -0.05) is 17.2 Å². The van der Waals surface area contributed by atoms with Gasteiger partial charge in [0.1, 0.15) is 0 Å². The first kappa shape index (κ1) is 19.8. The Morgan fingerprint density at radius 3 is 2.52 bits per heavy atom. The number of rotatable bonds is 5. The molecule has 148 valence electrons.